The summed E-state index contributed by atoms with van der Waals surface area (Å²) in [4.78, 5) is 16.1. The Hall–Kier alpha value is -1.91. The summed E-state index contributed by atoms with van der Waals surface area (Å²) in [6.07, 6.45) is 0. The summed E-state index contributed by atoms with van der Waals surface area (Å²) in [6.45, 7) is 5.85. The van der Waals surface area contributed by atoms with Crippen molar-refractivity contribution in [2.45, 2.75) is 20.8 Å². The Kier molecular flexibility index (Phi) is 2.83. The van der Waals surface area contributed by atoms with Crippen LogP contribution in [0.5, 0.6) is 0 Å². The Labute approximate surface area is 99.4 Å². The minimum atomic E-state index is -0.331. The molecule has 0 aliphatic carbocycles. The molecule has 2 rings (SSSR count). The molecule has 5 nitrogen and oxygen atoms in total. The van der Waals surface area contributed by atoms with Gasteiger partial charge in [0.25, 0.3) is 0 Å². The van der Waals surface area contributed by atoms with Gasteiger partial charge in [-0.25, -0.2) is 9.78 Å². The molecule has 2 aromatic rings. The highest BCUT2D eigenvalue weighted by atomic mass is 16.5. The monoisotopic (exact) mass is 233 g/mol. The van der Waals surface area contributed by atoms with E-state index in [4.69, 9.17) is 4.74 Å². The van der Waals surface area contributed by atoms with Crippen LogP contribution in [-0.2, 0) is 11.8 Å². The smallest absolute Gasteiger partial charge is 0.339 e. The molecule has 0 unspecified atom stereocenters. The van der Waals surface area contributed by atoms with E-state index in [9.17, 15) is 4.79 Å². The lowest BCUT2D eigenvalue weighted by Gasteiger charge is -2.05. The average Bonchev–Trinajstić information content (AvgIpc) is 2.53. The van der Waals surface area contributed by atoms with E-state index in [1.54, 1.807) is 24.6 Å². The molecular weight excluding hydrogens is 218 g/mol. The number of ether oxygens (including phenoxy) is 1. The predicted molar refractivity (Wildman–Crippen MR) is 63.9 cm³/mol. The molecule has 0 bridgehead atoms. The second-order valence-corrected chi connectivity index (χ2v) is 3.92. The maximum atomic E-state index is 11.7. The maximum absolute atomic E-state index is 11.7. The number of fused-ring (bicyclic) bond motifs is 1. The van der Waals surface area contributed by atoms with Crippen molar-refractivity contribution in [3.63, 3.8) is 0 Å². The van der Waals surface area contributed by atoms with Crippen LogP contribution in [0.15, 0.2) is 6.07 Å². The van der Waals surface area contributed by atoms with Gasteiger partial charge in [-0.1, -0.05) is 0 Å². The van der Waals surface area contributed by atoms with Gasteiger partial charge in [-0.3, -0.25) is 4.68 Å². The Balaban J connectivity index is 2.62. The van der Waals surface area contributed by atoms with Crippen molar-refractivity contribution in [1.29, 1.82) is 0 Å². The van der Waals surface area contributed by atoms with Gasteiger partial charge in [-0.2, -0.15) is 5.10 Å². The zero-order chi connectivity index (χ0) is 12.6. The molecule has 0 N–H and O–H groups in total. The van der Waals surface area contributed by atoms with Crippen LogP contribution in [0, 0.1) is 13.8 Å². The highest BCUT2D eigenvalue weighted by Gasteiger charge is 2.15. The van der Waals surface area contributed by atoms with Crippen molar-refractivity contribution in [2.24, 2.45) is 7.05 Å². The fourth-order valence-electron chi connectivity index (χ4n) is 1.85. The first kappa shape index (κ1) is 11.6. The molecule has 0 fully saturated rings. The Morgan fingerprint density at radius 1 is 1.41 bits per heavy atom. The number of carbonyl (C=O) groups is 1. The van der Waals surface area contributed by atoms with E-state index in [1.807, 2.05) is 14.0 Å². The van der Waals surface area contributed by atoms with Gasteiger partial charge in [0.1, 0.15) is 0 Å². The number of aromatic nitrogens is 3. The van der Waals surface area contributed by atoms with Crippen molar-refractivity contribution < 1.29 is 9.53 Å². The number of carbonyl (C=O) groups excluding carboxylic acids is 1. The van der Waals surface area contributed by atoms with Crippen LogP contribution in [0.1, 0.15) is 28.7 Å². The number of rotatable bonds is 2. The molecule has 2 aromatic heterocycles. The summed E-state index contributed by atoms with van der Waals surface area (Å²) in [5.41, 5.74) is 2.82. The van der Waals surface area contributed by atoms with Crippen LogP contribution < -0.4 is 0 Å². The SMILES string of the molecule is CCOC(=O)c1cc2c(C)nn(C)c2nc1C. The summed E-state index contributed by atoms with van der Waals surface area (Å²) >= 11 is 0. The fraction of sp³-hybridized carbons (Fsp3) is 0.417. The summed E-state index contributed by atoms with van der Waals surface area (Å²) in [7, 11) is 1.84. The van der Waals surface area contributed by atoms with Gasteiger partial charge in [0.05, 0.1) is 23.6 Å². The third-order valence-corrected chi connectivity index (χ3v) is 2.68. The topological polar surface area (TPSA) is 57.0 Å². The van der Waals surface area contributed by atoms with Gasteiger partial charge in [0.2, 0.25) is 0 Å². The van der Waals surface area contributed by atoms with Crippen molar-refractivity contribution in [1.82, 2.24) is 14.8 Å². The molecule has 2 heterocycles. The minimum Gasteiger partial charge on any atom is -0.462 e. The number of pyridine rings is 1. The highest BCUT2D eigenvalue weighted by Crippen LogP contribution is 2.19. The molecule has 0 saturated heterocycles. The molecule has 17 heavy (non-hydrogen) atoms. The summed E-state index contributed by atoms with van der Waals surface area (Å²) in [6, 6.07) is 1.80. The van der Waals surface area contributed by atoms with E-state index >= 15 is 0 Å². The maximum Gasteiger partial charge on any atom is 0.339 e. The van der Waals surface area contributed by atoms with Gasteiger partial charge in [0.15, 0.2) is 5.65 Å². The van der Waals surface area contributed by atoms with Crippen LogP contribution >= 0.6 is 0 Å². The molecule has 0 spiro atoms. The van der Waals surface area contributed by atoms with E-state index in [0.717, 1.165) is 16.7 Å². The molecule has 90 valence electrons. The number of esters is 1. The van der Waals surface area contributed by atoms with Crippen LogP contribution in [-0.4, -0.2) is 27.3 Å². The lowest BCUT2D eigenvalue weighted by Crippen LogP contribution is -2.08. The van der Waals surface area contributed by atoms with Crippen LogP contribution in [0.25, 0.3) is 11.0 Å². The van der Waals surface area contributed by atoms with Crippen LogP contribution in [0.3, 0.4) is 0 Å². The second kappa shape index (κ2) is 4.16. The van der Waals surface area contributed by atoms with Crippen molar-refractivity contribution in [3.8, 4) is 0 Å². The molecule has 0 atom stereocenters. The number of nitrogens with zero attached hydrogens (tertiary/aromatic N) is 3. The van der Waals surface area contributed by atoms with Gasteiger partial charge in [-0.05, 0) is 26.8 Å². The van der Waals surface area contributed by atoms with Gasteiger partial charge >= 0.3 is 5.97 Å². The van der Waals surface area contributed by atoms with E-state index in [-0.39, 0.29) is 5.97 Å². The van der Waals surface area contributed by atoms with Gasteiger partial charge < -0.3 is 4.74 Å². The van der Waals surface area contributed by atoms with Crippen molar-refractivity contribution in [3.05, 3.63) is 23.0 Å². The Morgan fingerprint density at radius 2 is 2.12 bits per heavy atom. The number of aryl methyl sites for hydroxylation is 3. The number of hydrogen-bond acceptors (Lipinski definition) is 4. The van der Waals surface area contributed by atoms with Crippen LogP contribution in [0.4, 0.5) is 0 Å². The van der Waals surface area contributed by atoms with Gasteiger partial charge in [-0.15, -0.1) is 0 Å². The lowest BCUT2D eigenvalue weighted by molar-refractivity contribution is 0.0525. The predicted octanol–water partition coefficient (Wildman–Crippen LogP) is 1.76. The first-order valence-corrected chi connectivity index (χ1v) is 5.52. The fourth-order valence-corrected chi connectivity index (χ4v) is 1.85. The van der Waals surface area contributed by atoms with Crippen LogP contribution in [0.2, 0.25) is 0 Å². The largest absolute Gasteiger partial charge is 0.462 e. The molecular formula is C12H15N3O2. The summed E-state index contributed by atoms with van der Waals surface area (Å²) in [5.74, 6) is -0.331. The molecule has 0 aliphatic heterocycles. The lowest BCUT2D eigenvalue weighted by atomic mass is 10.1. The average molecular weight is 233 g/mol. The molecule has 0 aromatic carbocycles. The zero-order valence-corrected chi connectivity index (χ0v) is 10.4. The quantitative estimate of drug-likeness (QED) is 0.742. The molecule has 0 saturated carbocycles. The van der Waals surface area contributed by atoms with Gasteiger partial charge in [0, 0.05) is 12.4 Å². The molecule has 0 aliphatic rings. The Bertz CT molecular complexity index is 587. The van der Waals surface area contributed by atoms with E-state index in [2.05, 4.69) is 10.1 Å². The molecule has 0 radical (unpaired) electrons. The van der Waals surface area contributed by atoms with E-state index in [1.165, 1.54) is 0 Å². The Morgan fingerprint density at radius 3 is 2.76 bits per heavy atom. The minimum absolute atomic E-state index is 0.331. The third-order valence-electron chi connectivity index (χ3n) is 2.68. The zero-order valence-electron chi connectivity index (χ0n) is 10.4. The molecule has 0 amide bonds. The highest BCUT2D eigenvalue weighted by molar-refractivity contribution is 5.95. The summed E-state index contributed by atoms with van der Waals surface area (Å²) in [5, 5.41) is 5.17. The van der Waals surface area contributed by atoms with E-state index < -0.39 is 0 Å². The first-order valence-electron chi connectivity index (χ1n) is 5.52. The van der Waals surface area contributed by atoms with Crippen molar-refractivity contribution in [2.75, 3.05) is 6.61 Å². The first-order chi connectivity index (χ1) is 8.04. The third kappa shape index (κ3) is 1.88. The number of hydrogen-bond donors (Lipinski definition) is 0. The second-order valence-electron chi connectivity index (χ2n) is 3.92. The summed E-state index contributed by atoms with van der Waals surface area (Å²) < 4.78 is 6.71. The van der Waals surface area contributed by atoms with E-state index in [0.29, 0.717) is 17.9 Å². The standard InChI is InChI=1S/C12H15N3O2/c1-5-17-12(16)10-6-9-8(3)14-15(4)11(9)13-7(10)2/h6H,5H2,1-4H3. The normalized spacial score (nSPS) is 10.8. The van der Waals surface area contributed by atoms with Crippen molar-refractivity contribution >= 4 is 17.0 Å². The molecule has 5 heteroatoms.